The smallest absolute Gasteiger partial charge is 0.306 e. The molecule has 114 valence electrons. The standard InChI is InChI=1S/C16H27NO3/c1-17(10-9-12-5-3-2-4-6-12)15(18)13-7-8-14(11-13)16(19)20/h12-14H,2-11H2,1H3,(H,19,20)/t13-,14+/m1/s1. The molecule has 0 unspecified atom stereocenters. The summed E-state index contributed by atoms with van der Waals surface area (Å²) in [6, 6.07) is 0. The minimum atomic E-state index is -0.745. The maximum Gasteiger partial charge on any atom is 0.306 e. The third-order valence-corrected chi connectivity index (χ3v) is 5.10. The summed E-state index contributed by atoms with van der Waals surface area (Å²) >= 11 is 0. The Balaban J connectivity index is 1.73. The summed E-state index contributed by atoms with van der Waals surface area (Å²) in [5.41, 5.74) is 0. The topological polar surface area (TPSA) is 57.6 Å². The largest absolute Gasteiger partial charge is 0.481 e. The van der Waals surface area contributed by atoms with E-state index in [-0.39, 0.29) is 17.7 Å². The number of nitrogens with zero attached hydrogens (tertiary/aromatic N) is 1. The monoisotopic (exact) mass is 281 g/mol. The lowest BCUT2D eigenvalue weighted by atomic mass is 9.87. The Kier molecular flexibility index (Phi) is 5.44. The zero-order valence-corrected chi connectivity index (χ0v) is 12.5. The minimum Gasteiger partial charge on any atom is -0.481 e. The predicted molar refractivity (Wildman–Crippen MR) is 77.3 cm³/mol. The summed E-state index contributed by atoms with van der Waals surface area (Å²) in [5.74, 6) is -0.174. The summed E-state index contributed by atoms with van der Waals surface area (Å²) in [6.45, 7) is 0.831. The van der Waals surface area contributed by atoms with Crippen LogP contribution in [0, 0.1) is 17.8 Å². The Hall–Kier alpha value is -1.06. The van der Waals surface area contributed by atoms with Crippen LogP contribution < -0.4 is 0 Å². The van der Waals surface area contributed by atoms with Gasteiger partial charge in [-0.3, -0.25) is 9.59 Å². The lowest BCUT2D eigenvalue weighted by Gasteiger charge is -2.26. The van der Waals surface area contributed by atoms with Gasteiger partial charge in [0.2, 0.25) is 5.91 Å². The van der Waals surface area contributed by atoms with Crippen LogP contribution in [0.1, 0.15) is 57.8 Å². The molecule has 0 spiro atoms. The molecule has 0 aromatic rings. The first-order valence-electron chi connectivity index (χ1n) is 8.05. The first kappa shape index (κ1) is 15.3. The SMILES string of the molecule is CN(CCC1CCCCC1)C(=O)[C@@H]1CC[C@H](C(=O)O)C1. The number of rotatable bonds is 5. The summed E-state index contributed by atoms with van der Waals surface area (Å²) in [4.78, 5) is 25.1. The molecule has 0 aliphatic heterocycles. The molecule has 2 aliphatic carbocycles. The zero-order valence-electron chi connectivity index (χ0n) is 12.5. The van der Waals surface area contributed by atoms with Crippen molar-refractivity contribution >= 4 is 11.9 Å². The second-order valence-corrected chi connectivity index (χ2v) is 6.60. The molecular formula is C16H27NO3. The number of carboxylic acids is 1. The Morgan fingerprint density at radius 2 is 1.70 bits per heavy atom. The van der Waals surface area contributed by atoms with E-state index >= 15 is 0 Å². The van der Waals surface area contributed by atoms with Crippen LogP contribution in [0.2, 0.25) is 0 Å². The molecule has 0 aromatic heterocycles. The summed E-state index contributed by atoms with van der Waals surface area (Å²) in [7, 11) is 1.87. The Morgan fingerprint density at radius 3 is 2.30 bits per heavy atom. The molecule has 0 bridgehead atoms. The molecule has 4 heteroatoms. The van der Waals surface area contributed by atoms with Crippen molar-refractivity contribution in [3.8, 4) is 0 Å². The molecule has 4 nitrogen and oxygen atoms in total. The van der Waals surface area contributed by atoms with Crippen LogP contribution in [0.15, 0.2) is 0 Å². The van der Waals surface area contributed by atoms with E-state index in [4.69, 9.17) is 5.11 Å². The van der Waals surface area contributed by atoms with E-state index in [0.29, 0.717) is 12.8 Å². The van der Waals surface area contributed by atoms with Crippen LogP contribution >= 0.6 is 0 Å². The molecule has 1 amide bonds. The zero-order chi connectivity index (χ0) is 14.5. The fraction of sp³-hybridized carbons (Fsp3) is 0.875. The van der Waals surface area contributed by atoms with Gasteiger partial charge in [-0.1, -0.05) is 32.1 Å². The first-order valence-corrected chi connectivity index (χ1v) is 8.05. The molecule has 2 fully saturated rings. The van der Waals surface area contributed by atoms with Gasteiger partial charge in [-0.25, -0.2) is 0 Å². The fourth-order valence-electron chi connectivity index (χ4n) is 3.70. The minimum absolute atomic E-state index is 0.0625. The predicted octanol–water partition coefficient (Wildman–Crippen LogP) is 2.92. The van der Waals surface area contributed by atoms with Crippen molar-refractivity contribution in [3.05, 3.63) is 0 Å². The molecule has 0 aromatic carbocycles. The number of hydrogen-bond donors (Lipinski definition) is 1. The molecule has 2 rings (SSSR count). The maximum absolute atomic E-state index is 12.3. The first-order chi connectivity index (χ1) is 9.58. The van der Waals surface area contributed by atoms with Crippen LogP contribution in [0.4, 0.5) is 0 Å². The van der Waals surface area contributed by atoms with Crippen molar-refractivity contribution in [3.63, 3.8) is 0 Å². The van der Waals surface area contributed by atoms with Crippen molar-refractivity contribution in [2.45, 2.75) is 57.8 Å². The highest BCUT2D eigenvalue weighted by Crippen LogP contribution is 2.32. The van der Waals surface area contributed by atoms with Gasteiger partial charge in [-0.15, -0.1) is 0 Å². The molecule has 2 aliphatic rings. The van der Waals surface area contributed by atoms with Crippen molar-refractivity contribution in [1.29, 1.82) is 0 Å². The van der Waals surface area contributed by atoms with Gasteiger partial charge in [0, 0.05) is 19.5 Å². The van der Waals surface area contributed by atoms with Gasteiger partial charge in [0.25, 0.3) is 0 Å². The summed E-state index contributed by atoms with van der Waals surface area (Å²) in [5, 5.41) is 9.00. The van der Waals surface area contributed by atoms with Crippen LogP contribution in [0.25, 0.3) is 0 Å². The van der Waals surface area contributed by atoms with Gasteiger partial charge in [-0.2, -0.15) is 0 Å². The number of aliphatic carboxylic acids is 1. The lowest BCUT2D eigenvalue weighted by Crippen LogP contribution is -2.34. The highest BCUT2D eigenvalue weighted by Gasteiger charge is 2.35. The molecule has 0 saturated heterocycles. The van der Waals surface area contributed by atoms with E-state index in [1.165, 1.54) is 32.1 Å². The Labute approximate surface area is 121 Å². The van der Waals surface area contributed by atoms with E-state index in [0.717, 1.165) is 25.3 Å². The number of hydrogen-bond acceptors (Lipinski definition) is 2. The number of carbonyl (C=O) groups is 2. The highest BCUT2D eigenvalue weighted by molar-refractivity contribution is 5.80. The van der Waals surface area contributed by atoms with Crippen LogP contribution in [0.3, 0.4) is 0 Å². The average Bonchev–Trinajstić information content (AvgIpc) is 2.95. The molecule has 0 heterocycles. The van der Waals surface area contributed by atoms with Crippen molar-refractivity contribution < 1.29 is 14.7 Å². The average molecular weight is 281 g/mol. The Bertz CT molecular complexity index is 350. The second kappa shape index (κ2) is 7.09. The maximum atomic E-state index is 12.3. The molecule has 1 N–H and O–H groups in total. The van der Waals surface area contributed by atoms with Crippen LogP contribution in [0.5, 0.6) is 0 Å². The normalized spacial score (nSPS) is 27.4. The number of carboxylic acid groups (broad SMARTS) is 1. The van der Waals surface area contributed by atoms with E-state index in [1.54, 1.807) is 0 Å². The quantitative estimate of drug-likeness (QED) is 0.843. The molecule has 2 saturated carbocycles. The highest BCUT2D eigenvalue weighted by atomic mass is 16.4. The second-order valence-electron chi connectivity index (χ2n) is 6.60. The number of carbonyl (C=O) groups excluding carboxylic acids is 1. The van der Waals surface area contributed by atoms with Gasteiger partial charge < -0.3 is 10.0 Å². The molecular weight excluding hydrogens is 254 g/mol. The van der Waals surface area contributed by atoms with E-state index < -0.39 is 5.97 Å². The fourth-order valence-corrected chi connectivity index (χ4v) is 3.70. The van der Waals surface area contributed by atoms with Crippen LogP contribution in [-0.4, -0.2) is 35.5 Å². The van der Waals surface area contributed by atoms with Gasteiger partial charge in [0.15, 0.2) is 0 Å². The van der Waals surface area contributed by atoms with Gasteiger partial charge in [-0.05, 0) is 31.6 Å². The molecule has 2 atom stereocenters. The van der Waals surface area contributed by atoms with E-state index in [2.05, 4.69) is 0 Å². The lowest BCUT2D eigenvalue weighted by molar-refractivity contribution is -0.141. The molecule has 0 radical (unpaired) electrons. The third-order valence-electron chi connectivity index (χ3n) is 5.10. The van der Waals surface area contributed by atoms with Crippen molar-refractivity contribution in [2.75, 3.05) is 13.6 Å². The summed E-state index contributed by atoms with van der Waals surface area (Å²) in [6.07, 6.45) is 9.70. The van der Waals surface area contributed by atoms with Gasteiger partial charge in [0.05, 0.1) is 5.92 Å². The van der Waals surface area contributed by atoms with Crippen molar-refractivity contribution in [2.24, 2.45) is 17.8 Å². The van der Waals surface area contributed by atoms with Crippen LogP contribution in [-0.2, 0) is 9.59 Å². The molecule has 20 heavy (non-hydrogen) atoms. The van der Waals surface area contributed by atoms with Gasteiger partial charge >= 0.3 is 5.97 Å². The Morgan fingerprint density at radius 1 is 1.05 bits per heavy atom. The van der Waals surface area contributed by atoms with E-state index in [9.17, 15) is 9.59 Å². The summed E-state index contributed by atoms with van der Waals surface area (Å²) < 4.78 is 0. The third kappa shape index (κ3) is 3.97. The van der Waals surface area contributed by atoms with Gasteiger partial charge in [0.1, 0.15) is 0 Å². The van der Waals surface area contributed by atoms with E-state index in [1.807, 2.05) is 11.9 Å². The number of amides is 1. The van der Waals surface area contributed by atoms with Crippen molar-refractivity contribution in [1.82, 2.24) is 4.90 Å².